The second-order valence-electron chi connectivity index (χ2n) is 4.88. The quantitative estimate of drug-likeness (QED) is 0.892. The fraction of sp³-hybridized carbons (Fsp3) is 0.538. The lowest BCUT2D eigenvalue weighted by atomic mass is 10.1. The summed E-state index contributed by atoms with van der Waals surface area (Å²) in [5.74, 6) is 0. The highest BCUT2D eigenvalue weighted by molar-refractivity contribution is 9.10. The Morgan fingerprint density at radius 3 is 2.58 bits per heavy atom. The maximum atomic E-state index is 11.5. The van der Waals surface area contributed by atoms with Gasteiger partial charge in [0.1, 0.15) is 0 Å². The van der Waals surface area contributed by atoms with Crippen molar-refractivity contribution in [2.45, 2.75) is 11.3 Å². The molecule has 1 aromatic rings. The summed E-state index contributed by atoms with van der Waals surface area (Å²) in [5.41, 5.74) is 1.16. The number of nitrogens with zero attached hydrogens (tertiary/aromatic N) is 1. The van der Waals surface area contributed by atoms with Gasteiger partial charge in [-0.05, 0) is 40.0 Å². The van der Waals surface area contributed by atoms with Crippen LogP contribution in [0, 0.1) is 0 Å². The van der Waals surface area contributed by atoms with Crippen LogP contribution in [-0.4, -0.2) is 52.3 Å². The minimum absolute atomic E-state index is 0.360. The molecule has 6 heteroatoms. The van der Waals surface area contributed by atoms with Gasteiger partial charge in [-0.2, -0.15) is 0 Å². The fourth-order valence-electron chi connectivity index (χ4n) is 2.22. The lowest BCUT2D eigenvalue weighted by molar-refractivity contribution is 0.244. The zero-order chi connectivity index (χ0) is 13.9. The Balaban J connectivity index is 2.00. The highest BCUT2D eigenvalue weighted by Gasteiger charge is 2.13. The second-order valence-corrected chi connectivity index (χ2v) is 7.72. The molecule has 0 bridgehead atoms. The van der Waals surface area contributed by atoms with Crippen molar-refractivity contribution < 1.29 is 8.42 Å². The number of sulfone groups is 1. The monoisotopic (exact) mass is 346 g/mol. The Bertz CT molecular complexity index is 540. The lowest BCUT2D eigenvalue weighted by Crippen LogP contribution is -2.44. The van der Waals surface area contributed by atoms with Gasteiger partial charge in [-0.3, -0.25) is 0 Å². The molecule has 0 aliphatic carbocycles. The summed E-state index contributed by atoms with van der Waals surface area (Å²) < 4.78 is 23.7. The fourth-order valence-corrected chi connectivity index (χ4v) is 4.26. The van der Waals surface area contributed by atoms with Crippen LogP contribution in [0.25, 0.3) is 0 Å². The van der Waals surface area contributed by atoms with Gasteiger partial charge in [0.05, 0.1) is 4.90 Å². The summed E-state index contributed by atoms with van der Waals surface area (Å²) in [4.78, 5) is 2.79. The van der Waals surface area contributed by atoms with Gasteiger partial charge in [0, 0.05) is 43.5 Å². The average Bonchev–Trinajstić information content (AvgIpc) is 2.36. The van der Waals surface area contributed by atoms with Crippen LogP contribution >= 0.6 is 15.9 Å². The summed E-state index contributed by atoms with van der Waals surface area (Å²) in [6.07, 6.45) is 2.18. The third-order valence-corrected chi connectivity index (χ3v) is 5.40. The molecule has 0 atom stereocenters. The highest BCUT2D eigenvalue weighted by Crippen LogP contribution is 2.23. The maximum absolute atomic E-state index is 11.5. The molecule has 0 unspecified atom stereocenters. The molecule has 1 aliphatic rings. The first kappa shape index (κ1) is 15.0. The molecular weight excluding hydrogens is 328 g/mol. The zero-order valence-electron chi connectivity index (χ0n) is 11.0. The number of piperazine rings is 1. The second kappa shape index (κ2) is 6.35. The Morgan fingerprint density at radius 2 is 2.00 bits per heavy atom. The summed E-state index contributed by atoms with van der Waals surface area (Å²) in [6, 6.07) is 5.51. The van der Waals surface area contributed by atoms with Gasteiger partial charge < -0.3 is 10.2 Å². The molecule has 1 aliphatic heterocycles. The van der Waals surface area contributed by atoms with Crippen LogP contribution in [-0.2, 0) is 16.3 Å². The number of nitrogens with one attached hydrogen (secondary N) is 1. The molecule has 1 heterocycles. The SMILES string of the molecule is CS(=O)(=O)c1ccc(CCN2CCNCC2)cc1Br. The zero-order valence-corrected chi connectivity index (χ0v) is 13.4. The molecule has 4 nitrogen and oxygen atoms in total. The smallest absolute Gasteiger partial charge is 0.176 e. The largest absolute Gasteiger partial charge is 0.314 e. The van der Waals surface area contributed by atoms with E-state index in [0.717, 1.165) is 44.7 Å². The average molecular weight is 347 g/mol. The molecule has 19 heavy (non-hydrogen) atoms. The molecule has 1 aromatic carbocycles. The lowest BCUT2D eigenvalue weighted by Gasteiger charge is -2.27. The van der Waals surface area contributed by atoms with E-state index in [-0.39, 0.29) is 0 Å². The van der Waals surface area contributed by atoms with Gasteiger partial charge in [-0.1, -0.05) is 6.07 Å². The molecule has 2 rings (SSSR count). The summed E-state index contributed by atoms with van der Waals surface area (Å²) in [5, 5.41) is 3.33. The van der Waals surface area contributed by atoms with E-state index < -0.39 is 9.84 Å². The maximum Gasteiger partial charge on any atom is 0.176 e. The van der Waals surface area contributed by atoms with Crippen molar-refractivity contribution in [1.29, 1.82) is 0 Å². The third kappa shape index (κ3) is 4.27. The summed E-state index contributed by atoms with van der Waals surface area (Å²) in [7, 11) is -3.15. The Labute approximate surface area is 123 Å². The summed E-state index contributed by atoms with van der Waals surface area (Å²) in [6.45, 7) is 5.30. The molecule has 0 spiro atoms. The van der Waals surface area contributed by atoms with E-state index in [1.54, 1.807) is 6.07 Å². The van der Waals surface area contributed by atoms with Crippen molar-refractivity contribution in [2.24, 2.45) is 0 Å². The Hall–Kier alpha value is -0.430. The molecule has 1 N–H and O–H groups in total. The van der Waals surface area contributed by atoms with E-state index >= 15 is 0 Å². The minimum atomic E-state index is -3.15. The molecule has 0 amide bonds. The first-order chi connectivity index (χ1) is 8.97. The molecule has 0 aromatic heterocycles. The standard InChI is InChI=1S/C13H19BrN2O2S/c1-19(17,18)13-3-2-11(10-12(13)14)4-7-16-8-5-15-6-9-16/h2-3,10,15H,4-9H2,1H3. The predicted octanol–water partition coefficient (Wildman–Crippen LogP) is 1.30. The molecular formula is C13H19BrN2O2S. The summed E-state index contributed by atoms with van der Waals surface area (Å²) >= 11 is 3.35. The van der Waals surface area contributed by atoms with Crippen molar-refractivity contribution in [3.63, 3.8) is 0 Å². The van der Waals surface area contributed by atoms with Gasteiger partial charge in [0.25, 0.3) is 0 Å². The first-order valence-corrected chi connectivity index (χ1v) is 9.07. The van der Waals surface area contributed by atoms with Crippen LogP contribution in [0.2, 0.25) is 0 Å². The number of benzene rings is 1. The van der Waals surface area contributed by atoms with E-state index in [1.165, 1.54) is 6.26 Å². The third-order valence-electron chi connectivity index (χ3n) is 3.32. The normalized spacial score (nSPS) is 17.6. The van der Waals surface area contributed by atoms with Crippen molar-refractivity contribution in [3.05, 3.63) is 28.2 Å². The molecule has 0 saturated carbocycles. The molecule has 0 radical (unpaired) electrons. The van der Waals surface area contributed by atoms with Gasteiger partial charge >= 0.3 is 0 Å². The van der Waals surface area contributed by atoms with Crippen LogP contribution < -0.4 is 5.32 Å². The predicted molar refractivity (Wildman–Crippen MR) is 80.3 cm³/mol. The van der Waals surface area contributed by atoms with E-state index in [9.17, 15) is 8.42 Å². The Kier molecular flexibility index (Phi) is 5.00. The van der Waals surface area contributed by atoms with Gasteiger partial charge in [0.15, 0.2) is 9.84 Å². The molecule has 1 fully saturated rings. The van der Waals surface area contributed by atoms with E-state index in [0.29, 0.717) is 9.37 Å². The van der Waals surface area contributed by atoms with Crippen LogP contribution in [0.1, 0.15) is 5.56 Å². The van der Waals surface area contributed by atoms with Gasteiger partial charge in [-0.25, -0.2) is 8.42 Å². The number of hydrogen-bond donors (Lipinski definition) is 1. The van der Waals surface area contributed by atoms with E-state index in [4.69, 9.17) is 0 Å². The topological polar surface area (TPSA) is 49.4 Å². The van der Waals surface area contributed by atoms with Crippen LogP contribution in [0.5, 0.6) is 0 Å². The van der Waals surface area contributed by atoms with Crippen molar-refractivity contribution in [3.8, 4) is 0 Å². The minimum Gasteiger partial charge on any atom is -0.314 e. The number of halogens is 1. The highest BCUT2D eigenvalue weighted by atomic mass is 79.9. The van der Waals surface area contributed by atoms with Gasteiger partial charge in [-0.15, -0.1) is 0 Å². The van der Waals surface area contributed by atoms with Crippen molar-refractivity contribution >= 4 is 25.8 Å². The van der Waals surface area contributed by atoms with Crippen LogP contribution in [0.3, 0.4) is 0 Å². The first-order valence-electron chi connectivity index (χ1n) is 6.38. The van der Waals surface area contributed by atoms with Crippen LogP contribution in [0.4, 0.5) is 0 Å². The van der Waals surface area contributed by atoms with Gasteiger partial charge in [0.2, 0.25) is 0 Å². The van der Waals surface area contributed by atoms with Crippen molar-refractivity contribution in [1.82, 2.24) is 10.2 Å². The van der Waals surface area contributed by atoms with E-state index in [1.807, 2.05) is 12.1 Å². The molecule has 1 saturated heterocycles. The number of rotatable bonds is 4. The Morgan fingerprint density at radius 1 is 1.32 bits per heavy atom. The van der Waals surface area contributed by atoms with Crippen molar-refractivity contribution in [2.75, 3.05) is 39.0 Å². The number of hydrogen-bond acceptors (Lipinski definition) is 4. The van der Waals surface area contributed by atoms with Crippen LogP contribution in [0.15, 0.2) is 27.6 Å². The van der Waals surface area contributed by atoms with E-state index in [2.05, 4.69) is 26.1 Å². The molecule has 106 valence electrons.